The molecule has 1 aliphatic rings. The van der Waals surface area contributed by atoms with Gasteiger partial charge >= 0.3 is 0 Å². The monoisotopic (exact) mass is 278 g/mol. The number of nitrogens with zero attached hydrogens (tertiary/aromatic N) is 2. The molecule has 1 fully saturated rings. The van der Waals surface area contributed by atoms with Crippen molar-refractivity contribution in [2.75, 3.05) is 5.73 Å². The molecule has 5 heteroatoms. The van der Waals surface area contributed by atoms with Gasteiger partial charge in [-0.3, -0.25) is 0 Å². The van der Waals surface area contributed by atoms with Crippen LogP contribution in [0.5, 0.6) is 0 Å². The first-order valence-corrected chi connectivity index (χ1v) is 5.90. The summed E-state index contributed by atoms with van der Waals surface area (Å²) in [6.07, 6.45) is 1.87. The van der Waals surface area contributed by atoms with E-state index in [0.29, 0.717) is 11.6 Å². The maximum absolute atomic E-state index is 6.08. The second-order valence-electron chi connectivity index (χ2n) is 4.22. The fourth-order valence-electron chi connectivity index (χ4n) is 1.72. The van der Waals surface area contributed by atoms with Gasteiger partial charge in [-0.1, -0.05) is 6.07 Å². The van der Waals surface area contributed by atoms with Gasteiger partial charge in [0, 0.05) is 9.86 Å². The van der Waals surface area contributed by atoms with Crippen LogP contribution >= 0.6 is 15.9 Å². The van der Waals surface area contributed by atoms with Crippen molar-refractivity contribution in [2.45, 2.75) is 18.4 Å². The molecule has 2 aromatic rings. The number of halogens is 1. The summed E-state index contributed by atoms with van der Waals surface area (Å²) in [7, 11) is 0. The van der Waals surface area contributed by atoms with E-state index in [0.717, 1.165) is 28.2 Å². The van der Waals surface area contributed by atoms with Gasteiger partial charge in [0.05, 0.1) is 11.1 Å². The third-order valence-corrected chi connectivity index (χ3v) is 3.58. The van der Waals surface area contributed by atoms with Crippen LogP contribution in [-0.4, -0.2) is 9.97 Å². The third kappa shape index (κ3) is 1.39. The first-order valence-electron chi connectivity index (χ1n) is 5.11. The number of nitrogens with two attached hydrogens (primary N) is 2. The third-order valence-electron chi connectivity index (χ3n) is 2.94. The summed E-state index contributed by atoms with van der Waals surface area (Å²) in [5, 5.41) is 0.863. The van der Waals surface area contributed by atoms with Crippen molar-refractivity contribution in [3.63, 3.8) is 0 Å². The zero-order valence-corrected chi connectivity index (χ0v) is 10.2. The molecule has 4 nitrogen and oxygen atoms in total. The highest BCUT2D eigenvalue weighted by atomic mass is 79.9. The van der Waals surface area contributed by atoms with Gasteiger partial charge in [0.15, 0.2) is 5.82 Å². The molecular formula is C11H11BrN4. The number of nitrogen functional groups attached to an aromatic ring is 1. The van der Waals surface area contributed by atoms with Crippen LogP contribution in [0.2, 0.25) is 0 Å². The minimum atomic E-state index is -0.350. The highest BCUT2D eigenvalue weighted by Gasteiger charge is 2.43. The van der Waals surface area contributed by atoms with Crippen molar-refractivity contribution >= 4 is 32.7 Å². The molecule has 0 aliphatic heterocycles. The molecule has 0 unspecified atom stereocenters. The molecule has 1 aromatic carbocycles. The largest absolute Gasteiger partial charge is 0.383 e. The van der Waals surface area contributed by atoms with Crippen LogP contribution in [0.3, 0.4) is 0 Å². The molecule has 1 heterocycles. The van der Waals surface area contributed by atoms with E-state index in [-0.39, 0.29) is 5.54 Å². The molecule has 0 atom stereocenters. The van der Waals surface area contributed by atoms with E-state index in [1.54, 1.807) is 0 Å². The molecule has 1 aliphatic carbocycles. The average molecular weight is 279 g/mol. The molecule has 0 spiro atoms. The Morgan fingerprint density at radius 1 is 1.25 bits per heavy atom. The molecule has 16 heavy (non-hydrogen) atoms. The number of fused-ring (bicyclic) bond motifs is 1. The molecule has 0 bridgehead atoms. The summed E-state index contributed by atoms with van der Waals surface area (Å²) in [5.41, 5.74) is 12.5. The second-order valence-corrected chi connectivity index (χ2v) is 5.08. The molecule has 3 rings (SSSR count). The van der Waals surface area contributed by atoms with Gasteiger partial charge in [0.1, 0.15) is 5.82 Å². The molecule has 82 valence electrons. The molecule has 0 saturated heterocycles. The Labute approximate surface area is 101 Å². The first kappa shape index (κ1) is 9.99. The van der Waals surface area contributed by atoms with E-state index in [1.807, 2.05) is 18.2 Å². The lowest BCUT2D eigenvalue weighted by molar-refractivity contribution is 0.679. The maximum Gasteiger partial charge on any atom is 0.151 e. The van der Waals surface area contributed by atoms with Gasteiger partial charge in [0.25, 0.3) is 0 Å². The predicted molar refractivity (Wildman–Crippen MR) is 66.7 cm³/mol. The predicted octanol–water partition coefficient (Wildman–Crippen LogP) is 1.92. The number of aromatic nitrogens is 2. The van der Waals surface area contributed by atoms with Crippen molar-refractivity contribution < 1.29 is 0 Å². The van der Waals surface area contributed by atoms with Crippen molar-refractivity contribution in [3.05, 3.63) is 28.5 Å². The molecular weight excluding hydrogens is 268 g/mol. The zero-order chi connectivity index (χ0) is 11.3. The number of hydrogen-bond donors (Lipinski definition) is 2. The number of rotatable bonds is 1. The Morgan fingerprint density at radius 2 is 2.00 bits per heavy atom. The van der Waals surface area contributed by atoms with Gasteiger partial charge < -0.3 is 11.5 Å². The quantitative estimate of drug-likeness (QED) is 0.836. The van der Waals surface area contributed by atoms with Crippen LogP contribution < -0.4 is 11.5 Å². The van der Waals surface area contributed by atoms with Crippen LogP contribution in [0, 0.1) is 0 Å². The van der Waals surface area contributed by atoms with E-state index in [4.69, 9.17) is 11.5 Å². The number of hydrogen-bond acceptors (Lipinski definition) is 4. The van der Waals surface area contributed by atoms with Crippen LogP contribution in [0.1, 0.15) is 18.7 Å². The Kier molecular flexibility index (Phi) is 1.96. The summed E-state index contributed by atoms with van der Waals surface area (Å²) in [4.78, 5) is 8.80. The SMILES string of the molecule is Nc1nc(C2(N)CC2)nc2c(Br)cccc12. The minimum absolute atomic E-state index is 0.350. The van der Waals surface area contributed by atoms with Crippen LogP contribution in [-0.2, 0) is 5.54 Å². The van der Waals surface area contributed by atoms with Crippen LogP contribution in [0.15, 0.2) is 22.7 Å². The van der Waals surface area contributed by atoms with Crippen molar-refractivity contribution in [3.8, 4) is 0 Å². The Hall–Kier alpha value is -1.20. The van der Waals surface area contributed by atoms with Gasteiger partial charge in [-0.2, -0.15) is 0 Å². The van der Waals surface area contributed by atoms with Gasteiger partial charge in [-0.25, -0.2) is 9.97 Å². The fraction of sp³-hybridized carbons (Fsp3) is 0.273. The number of anilines is 1. The molecule has 1 aromatic heterocycles. The van der Waals surface area contributed by atoms with E-state index in [2.05, 4.69) is 25.9 Å². The Bertz CT molecular complexity index is 577. The second kappa shape index (κ2) is 3.15. The van der Waals surface area contributed by atoms with Crippen molar-refractivity contribution in [2.24, 2.45) is 5.73 Å². The number of benzene rings is 1. The van der Waals surface area contributed by atoms with Gasteiger partial charge in [-0.05, 0) is 40.9 Å². The van der Waals surface area contributed by atoms with E-state index >= 15 is 0 Å². The van der Waals surface area contributed by atoms with Gasteiger partial charge in [-0.15, -0.1) is 0 Å². The van der Waals surface area contributed by atoms with Gasteiger partial charge in [0.2, 0.25) is 0 Å². The Morgan fingerprint density at radius 3 is 2.69 bits per heavy atom. The first-order chi connectivity index (χ1) is 7.60. The lowest BCUT2D eigenvalue weighted by Crippen LogP contribution is -2.22. The van der Waals surface area contributed by atoms with Crippen LogP contribution in [0.4, 0.5) is 5.82 Å². The molecule has 1 saturated carbocycles. The Balaban J connectivity index is 2.32. The van der Waals surface area contributed by atoms with Crippen molar-refractivity contribution in [1.29, 1.82) is 0 Å². The average Bonchev–Trinajstić information content (AvgIpc) is 2.99. The normalized spacial score (nSPS) is 17.6. The lowest BCUT2D eigenvalue weighted by Gasteiger charge is -2.10. The lowest BCUT2D eigenvalue weighted by atomic mass is 10.2. The molecule has 0 amide bonds. The maximum atomic E-state index is 6.08. The molecule has 4 N–H and O–H groups in total. The number of para-hydroxylation sites is 1. The van der Waals surface area contributed by atoms with E-state index < -0.39 is 0 Å². The van der Waals surface area contributed by atoms with Crippen molar-refractivity contribution in [1.82, 2.24) is 9.97 Å². The fourth-order valence-corrected chi connectivity index (χ4v) is 2.18. The van der Waals surface area contributed by atoms with E-state index in [9.17, 15) is 0 Å². The summed E-state index contributed by atoms with van der Waals surface area (Å²) in [6, 6.07) is 5.77. The molecule has 0 radical (unpaired) electrons. The highest BCUT2D eigenvalue weighted by molar-refractivity contribution is 9.10. The summed E-state index contributed by atoms with van der Waals surface area (Å²) in [6.45, 7) is 0. The smallest absolute Gasteiger partial charge is 0.151 e. The zero-order valence-electron chi connectivity index (χ0n) is 8.57. The summed E-state index contributed by atoms with van der Waals surface area (Å²) >= 11 is 3.47. The topological polar surface area (TPSA) is 77.8 Å². The summed E-state index contributed by atoms with van der Waals surface area (Å²) < 4.78 is 0.921. The standard InChI is InChI=1S/C11H11BrN4/c12-7-3-1-2-6-8(7)15-10(16-9(6)13)11(14)4-5-11/h1-3H,4-5,14H2,(H2,13,15,16). The van der Waals surface area contributed by atoms with Crippen LogP contribution in [0.25, 0.3) is 10.9 Å². The van der Waals surface area contributed by atoms with E-state index in [1.165, 1.54) is 0 Å². The summed E-state index contributed by atoms with van der Waals surface area (Å²) in [5.74, 6) is 1.16. The highest BCUT2D eigenvalue weighted by Crippen LogP contribution is 2.42. The minimum Gasteiger partial charge on any atom is -0.383 e.